The van der Waals surface area contributed by atoms with E-state index in [1.165, 1.54) is 31.2 Å². The lowest BCUT2D eigenvalue weighted by Gasteiger charge is -2.18. The Bertz CT molecular complexity index is 523. The van der Waals surface area contributed by atoms with Crippen LogP contribution in [0.15, 0.2) is 24.3 Å². The average Bonchev–Trinajstić information content (AvgIpc) is 3.17. The van der Waals surface area contributed by atoms with Crippen molar-refractivity contribution in [2.24, 2.45) is 0 Å². The van der Waals surface area contributed by atoms with Crippen LogP contribution >= 0.6 is 0 Å². The van der Waals surface area contributed by atoms with Gasteiger partial charge >= 0.3 is 0 Å². The lowest BCUT2D eigenvalue weighted by molar-refractivity contribution is 0.536. The maximum absolute atomic E-state index is 13.0. The van der Waals surface area contributed by atoms with Gasteiger partial charge in [-0.3, -0.25) is 0 Å². The quantitative estimate of drug-likeness (QED) is 0.802. The van der Waals surface area contributed by atoms with E-state index < -0.39 is 9.84 Å². The maximum atomic E-state index is 13.0. The van der Waals surface area contributed by atoms with Crippen molar-refractivity contribution in [2.75, 3.05) is 18.6 Å². The van der Waals surface area contributed by atoms with Crippen molar-refractivity contribution >= 4 is 9.84 Å². The highest BCUT2D eigenvalue weighted by Crippen LogP contribution is 2.24. The summed E-state index contributed by atoms with van der Waals surface area (Å²) >= 11 is 0. The molecule has 112 valence electrons. The van der Waals surface area contributed by atoms with Crippen LogP contribution in [0.4, 0.5) is 4.39 Å². The van der Waals surface area contributed by atoms with Gasteiger partial charge in [-0.05, 0) is 49.3 Å². The molecule has 1 aromatic rings. The summed E-state index contributed by atoms with van der Waals surface area (Å²) in [5.41, 5.74) is 1.08. The van der Waals surface area contributed by atoms with Crippen molar-refractivity contribution in [3.63, 3.8) is 0 Å². The molecule has 5 heteroatoms. The van der Waals surface area contributed by atoms with Crippen LogP contribution in [-0.4, -0.2) is 33.0 Å². The predicted molar refractivity (Wildman–Crippen MR) is 79.1 cm³/mol. The Hall–Kier alpha value is -0.940. The first-order valence-corrected chi connectivity index (χ1v) is 9.17. The van der Waals surface area contributed by atoms with Gasteiger partial charge in [0.25, 0.3) is 0 Å². The molecular formula is C15H22FNO2S. The summed E-state index contributed by atoms with van der Waals surface area (Å²) in [6, 6.07) is 7.16. The zero-order valence-electron chi connectivity index (χ0n) is 11.8. The Labute approximate surface area is 120 Å². The number of halogens is 1. The highest BCUT2D eigenvalue weighted by molar-refractivity contribution is 7.90. The first-order chi connectivity index (χ1) is 9.44. The molecular weight excluding hydrogens is 277 g/mol. The van der Waals surface area contributed by atoms with Gasteiger partial charge in [0.05, 0.1) is 0 Å². The summed E-state index contributed by atoms with van der Waals surface area (Å²) in [6.45, 7) is 0.833. The number of nitrogens with one attached hydrogen (secondary N) is 1. The normalized spacial score (nSPS) is 17.1. The highest BCUT2D eigenvalue weighted by atomic mass is 32.2. The third-order valence-electron chi connectivity index (χ3n) is 3.64. The second-order valence-corrected chi connectivity index (χ2v) is 7.96. The van der Waals surface area contributed by atoms with Crippen molar-refractivity contribution in [3.8, 4) is 0 Å². The van der Waals surface area contributed by atoms with E-state index in [9.17, 15) is 12.8 Å². The monoisotopic (exact) mass is 299 g/mol. The van der Waals surface area contributed by atoms with Crippen LogP contribution in [0.3, 0.4) is 0 Å². The number of benzene rings is 1. The van der Waals surface area contributed by atoms with Crippen molar-refractivity contribution in [3.05, 3.63) is 35.6 Å². The van der Waals surface area contributed by atoms with E-state index in [0.29, 0.717) is 12.5 Å². The van der Waals surface area contributed by atoms with Gasteiger partial charge in [0.15, 0.2) is 0 Å². The van der Waals surface area contributed by atoms with Crippen molar-refractivity contribution < 1.29 is 12.8 Å². The first kappa shape index (κ1) is 15.4. The van der Waals surface area contributed by atoms with Crippen LogP contribution in [0.2, 0.25) is 0 Å². The highest BCUT2D eigenvalue weighted by Gasteiger charge is 2.22. The lowest BCUT2D eigenvalue weighted by Crippen LogP contribution is -2.24. The minimum absolute atomic E-state index is 0.216. The van der Waals surface area contributed by atoms with Gasteiger partial charge in [-0.15, -0.1) is 0 Å². The molecule has 1 fully saturated rings. The number of sulfone groups is 1. The van der Waals surface area contributed by atoms with Crippen LogP contribution in [0.5, 0.6) is 0 Å². The second-order valence-electron chi connectivity index (χ2n) is 5.70. The van der Waals surface area contributed by atoms with Gasteiger partial charge in [-0.1, -0.05) is 12.1 Å². The molecule has 1 aliphatic rings. The lowest BCUT2D eigenvalue weighted by atomic mass is 9.94. The summed E-state index contributed by atoms with van der Waals surface area (Å²) in [5.74, 6) is 0.227. The minimum atomic E-state index is -2.91. The third kappa shape index (κ3) is 5.59. The standard InChI is InChI=1S/C15H22FNO2S/c1-20(18,19)10-2-3-13(11-17-15-8-9-15)12-4-6-14(16)7-5-12/h4-7,13,15,17H,2-3,8-11H2,1H3. The molecule has 1 atom stereocenters. The number of rotatable bonds is 8. The molecule has 0 amide bonds. The molecule has 0 saturated heterocycles. The second kappa shape index (κ2) is 6.68. The Kier molecular flexibility index (Phi) is 5.16. The topological polar surface area (TPSA) is 46.2 Å². The van der Waals surface area contributed by atoms with E-state index in [1.54, 1.807) is 12.1 Å². The molecule has 0 aromatic heterocycles. The molecule has 3 nitrogen and oxygen atoms in total. The summed E-state index contributed by atoms with van der Waals surface area (Å²) in [6.07, 6.45) is 5.16. The van der Waals surface area contributed by atoms with Gasteiger partial charge in [0, 0.05) is 24.6 Å². The fraction of sp³-hybridized carbons (Fsp3) is 0.600. The van der Waals surface area contributed by atoms with Gasteiger partial charge in [-0.25, -0.2) is 12.8 Å². The van der Waals surface area contributed by atoms with Gasteiger partial charge in [0.2, 0.25) is 0 Å². The molecule has 20 heavy (non-hydrogen) atoms. The van der Waals surface area contributed by atoms with E-state index in [0.717, 1.165) is 18.5 Å². The zero-order valence-corrected chi connectivity index (χ0v) is 12.6. The fourth-order valence-corrected chi connectivity index (χ4v) is 3.00. The van der Waals surface area contributed by atoms with E-state index in [-0.39, 0.29) is 17.5 Å². The van der Waals surface area contributed by atoms with Crippen molar-refractivity contribution in [1.29, 1.82) is 0 Å². The number of hydrogen-bond donors (Lipinski definition) is 1. The molecule has 0 aliphatic heterocycles. The molecule has 0 radical (unpaired) electrons. The summed E-state index contributed by atoms with van der Waals surface area (Å²) in [7, 11) is -2.91. The SMILES string of the molecule is CS(=O)(=O)CCCC(CNC1CC1)c1ccc(F)cc1. The Morgan fingerprint density at radius 1 is 1.30 bits per heavy atom. The van der Waals surface area contributed by atoms with Gasteiger partial charge < -0.3 is 5.32 Å². The summed E-state index contributed by atoms with van der Waals surface area (Å²) < 4.78 is 35.4. The number of hydrogen-bond acceptors (Lipinski definition) is 3. The van der Waals surface area contributed by atoms with E-state index in [4.69, 9.17) is 0 Å². The summed E-state index contributed by atoms with van der Waals surface area (Å²) in [4.78, 5) is 0. The molecule has 1 N–H and O–H groups in total. The largest absolute Gasteiger partial charge is 0.313 e. The van der Waals surface area contributed by atoms with E-state index in [1.807, 2.05) is 0 Å². The van der Waals surface area contributed by atoms with Crippen LogP contribution in [0.25, 0.3) is 0 Å². The smallest absolute Gasteiger partial charge is 0.147 e. The van der Waals surface area contributed by atoms with Crippen molar-refractivity contribution in [1.82, 2.24) is 5.32 Å². The molecule has 1 aliphatic carbocycles. The van der Waals surface area contributed by atoms with Gasteiger partial charge in [-0.2, -0.15) is 0 Å². The van der Waals surface area contributed by atoms with Crippen LogP contribution in [0.1, 0.15) is 37.2 Å². The Balaban J connectivity index is 1.93. The van der Waals surface area contributed by atoms with Crippen LogP contribution < -0.4 is 5.32 Å². The zero-order chi connectivity index (χ0) is 14.6. The predicted octanol–water partition coefficient (Wildman–Crippen LogP) is 2.49. The molecule has 1 aromatic carbocycles. The minimum Gasteiger partial charge on any atom is -0.313 e. The molecule has 1 saturated carbocycles. The molecule has 2 rings (SSSR count). The summed E-state index contributed by atoms with van der Waals surface area (Å²) in [5, 5.41) is 3.47. The first-order valence-electron chi connectivity index (χ1n) is 7.10. The molecule has 0 spiro atoms. The molecule has 1 unspecified atom stereocenters. The van der Waals surface area contributed by atoms with E-state index >= 15 is 0 Å². The third-order valence-corrected chi connectivity index (χ3v) is 4.67. The Morgan fingerprint density at radius 3 is 2.50 bits per heavy atom. The van der Waals surface area contributed by atoms with E-state index in [2.05, 4.69) is 5.32 Å². The molecule has 0 heterocycles. The fourth-order valence-electron chi connectivity index (χ4n) is 2.31. The maximum Gasteiger partial charge on any atom is 0.147 e. The molecule has 0 bridgehead atoms. The van der Waals surface area contributed by atoms with Crippen molar-refractivity contribution in [2.45, 2.75) is 37.6 Å². The average molecular weight is 299 g/mol. The van der Waals surface area contributed by atoms with Gasteiger partial charge in [0.1, 0.15) is 15.7 Å². The Morgan fingerprint density at radius 2 is 1.95 bits per heavy atom. The van der Waals surface area contributed by atoms with Crippen LogP contribution in [-0.2, 0) is 9.84 Å². The van der Waals surface area contributed by atoms with Crippen LogP contribution in [0, 0.1) is 5.82 Å².